The van der Waals surface area contributed by atoms with E-state index < -0.39 is 23.1 Å². The van der Waals surface area contributed by atoms with Crippen molar-refractivity contribution < 1.29 is 18.0 Å². The second-order valence-electron chi connectivity index (χ2n) is 6.72. The number of nitrogens with one attached hydrogen (secondary N) is 1. The van der Waals surface area contributed by atoms with Crippen molar-refractivity contribution in [1.82, 2.24) is 9.78 Å². The van der Waals surface area contributed by atoms with Crippen LogP contribution in [0, 0.1) is 11.6 Å². The molecule has 3 heterocycles. The Hall–Kier alpha value is -3.81. The first kappa shape index (κ1) is 17.3. The number of aliphatic imine (C=N–C) groups is 1. The van der Waals surface area contributed by atoms with E-state index >= 15 is 0 Å². The molecule has 0 bridgehead atoms. The molecule has 29 heavy (non-hydrogen) atoms. The SMILES string of the molecule is Cn1ncc2c(F)c(C(=O)Nc3ccc4c(c3)C(c3ccco3)=NC4)c(F)cc21. The standard InChI is InChI=1S/C21H14F2N4O2/c1-27-16-8-15(22)18(19(23)14(16)10-25-27)21(28)26-12-5-4-11-9-24-20(13(11)7-12)17-3-2-6-29-17/h2-8,10H,9H2,1H3,(H,26,28). The molecule has 5 rings (SSSR count). The summed E-state index contributed by atoms with van der Waals surface area (Å²) in [5, 5.41) is 6.57. The topological polar surface area (TPSA) is 72.4 Å². The summed E-state index contributed by atoms with van der Waals surface area (Å²) in [4.78, 5) is 17.1. The van der Waals surface area contributed by atoms with Crippen molar-refractivity contribution in [3.05, 3.63) is 82.9 Å². The van der Waals surface area contributed by atoms with E-state index in [1.807, 2.05) is 6.07 Å². The third kappa shape index (κ3) is 2.72. The Morgan fingerprint density at radius 1 is 1.24 bits per heavy atom. The largest absolute Gasteiger partial charge is 0.463 e. The van der Waals surface area contributed by atoms with Crippen molar-refractivity contribution in [2.45, 2.75) is 6.54 Å². The first-order chi connectivity index (χ1) is 14.0. The number of aryl methyl sites for hydroxylation is 1. The molecule has 0 fully saturated rings. The number of halogens is 2. The molecule has 8 heteroatoms. The van der Waals surface area contributed by atoms with Crippen LogP contribution in [-0.4, -0.2) is 21.4 Å². The highest BCUT2D eigenvalue weighted by Crippen LogP contribution is 2.28. The molecular formula is C21H14F2N4O2. The number of benzene rings is 2. The molecule has 1 N–H and O–H groups in total. The van der Waals surface area contributed by atoms with Crippen LogP contribution in [0.2, 0.25) is 0 Å². The van der Waals surface area contributed by atoms with Crippen LogP contribution in [0.25, 0.3) is 10.9 Å². The predicted octanol–water partition coefficient (Wildman–Crippen LogP) is 4.05. The zero-order chi connectivity index (χ0) is 20.1. The van der Waals surface area contributed by atoms with E-state index in [4.69, 9.17) is 4.42 Å². The van der Waals surface area contributed by atoms with E-state index in [-0.39, 0.29) is 10.9 Å². The molecule has 0 saturated carbocycles. The van der Waals surface area contributed by atoms with Crippen LogP contribution >= 0.6 is 0 Å². The van der Waals surface area contributed by atoms with Gasteiger partial charge in [-0.2, -0.15) is 5.10 Å². The predicted molar refractivity (Wildman–Crippen MR) is 103 cm³/mol. The van der Waals surface area contributed by atoms with Crippen molar-refractivity contribution in [2.75, 3.05) is 5.32 Å². The molecule has 2 aromatic heterocycles. The summed E-state index contributed by atoms with van der Waals surface area (Å²) in [6.45, 7) is 0.501. The number of hydrogen-bond donors (Lipinski definition) is 1. The molecule has 2 aromatic carbocycles. The van der Waals surface area contributed by atoms with Gasteiger partial charge in [0.25, 0.3) is 5.91 Å². The number of furan rings is 1. The van der Waals surface area contributed by atoms with Gasteiger partial charge in [-0.05, 0) is 29.8 Å². The van der Waals surface area contributed by atoms with E-state index in [0.717, 1.165) is 17.2 Å². The molecule has 6 nitrogen and oxygen atoms in total. The van der Waals surface area contributed by atoms with Crippen molar-refractivity contribution in [3.8, 4) is 0 Å². The highest BCUT2D eigenvalue weighted by atomic mass is 19.1. The van der Waals surface area contributed by atoms with Gasteiger partial charge in [-0.3, -0.25) is 14.5 Å². The maximum atomic E-state index is 14.8. The fourth-order valence-electron chi connectivity index (χ4n) is 3.51. The van der Waals surface area contributed by atoms with Crippen LogP contribution in [0.3, 0.4) is 0 Å². The summed E-state index contributed by atoms with van der Waals surface area (Å²) in [7, 11) is 1.57. The fourth-order valence-corrected chi connectivity index (χ4v) is 3.51. The number of aromatic nitrogens is 2. The molecule has 0 unspecified atom stereocenters. The molecule has 1 amide bonds. The number of anilines is 1. The summed E-state index contributed by atoms with van der Waals surface area (Å²) in [6.07, 6.45) is 2.82. The summed E-state index contributed by atoms with van der Waals surface area (Å²) >= 11 is 0. The Balaban J connectivity index is 1.49. The number of rotatable bonds is 3. The summed E-state index contributed by atoms with van der Waals surface area (Å²) in [6, 6.07) is 9.89. The lowest BCUT2D eigenvalue weighted by Crippen LogP contribution is -2.16. The maximum absolute atomic E-state index is 14.8. The molecule has 144 valence electrons. The molecular weight excluding hydrogens is 378 g/mol. The monoisotopic (exact) mass is 392 g/mol. The lowest BCUT2D eigenvalue weighted by Gasteiger charge is -2.10. The Morgan fingerprint density at radius 3 is 2.90 bits per heavy atom. The summed E-state index contributed by atoms with van der Waals surface area (Å²) in [5.41, 5.74) is 2.49. The average Bonchev–Trinajstić information content (AvgIpc) is 3.42. The van der Waals surface area contributed by atoms with Gasteiger partial charge < -0.3 is 9.73 Å². The molecule has 0 atom stereocenters. The number of nitrogens with zero attached hydrogens (tertiary/aromatic N) is 3. The van der Waals surface area contributed by atoms with Crippen LogP contribution in [-0.2, 0) is 13.6 Å². The molecule has 0 saturated heterocycles. The molecule has 4 aromatic rings. The van der Waals surface area contributed by atoms with Crippen molar-refractivity contribution in [1.29, 1.82) is 0 Å². The van der Waals surface area contributed by atoms with E-state index in [2.05, 4.69) is 15.4 Å². The highest BCUT2D eigenvalue weighted by molar-refractivity contribution is 6.14. The van der Waals surface area contributed by atoms with E-state index in [9.17, 15) is 13.6 Å². The van der Waals surface area contributed by atoms with Gasteiger partial charge in [-0.1, -0.05) is 6.07 Å². The summed E-state index contributed by atoms with van der Waals surface area (Å²) in [5.74, 6) is -2.15. The number of fused-ring (bicyclic) bond motifs is 2. The lowest BCUT2D eigenvalue weighted by molar-refractivity contribution is 0.101. The van der Waals surface area contributed by atoms with Gasteiger partial charge in [0.05, 0.1) is 29.9 Å². The second kappa shape index (κ2) is 6.37. The second-order valence-corrected chi connectivity index (χ2v) is 6.72. The van der Waals surface area contributed by atoms with E-state index in [1.54, 1.807) is 37.6 Å². The van der Waals surface area contributed by atoms with E-state index in [1.165, 1.54) is 10.9 Å². The van der Waals surface area contributed by atoms with Gasteiger partial charge in [0.1, 0.15) is 22.9 Å². The Labute approximate surface area is 163 Å². The van der Waals surface area contributed by atoms with E-state index in [0.29, 0.717) is 23.7 Å². The Kier molecular flexibility index (Phi) is 3.80. The molecule has 0 aliphatic carbocycles. The van der Waals surface area contributed by atoms with Crippen LogP contribution < -0.4 is 5.32 Å². The molecule has 1 aliphatic rings. The van der Waals surface area contributed by atoms with Crippen LogP contribution in [0.1, 0.15) is 27.2 Å². The van der Waals surface area contributed by atoms with Crippen molar-refractivity contribution >= 4 is 28.2 Å². The number of hydrogen-bond acceptors (Lipinski definition) is 4. The smallest absolute Gasteiger partial charge is 0.261 e. The normalized spacial score (nSPS) is 12.9. The fraction of sp³-hybridized carbons (Fsp3) is 0.0952. The van der Waals surface area contributed by atoms with Gasteiger partial charge in [0.2, 0.25) is 0 Å². The molecule has 0 spiro atoms. The zero-order valence-electron chi connectivity index (χ0n) is 15.2. The first-order valence-corrected chi connectivity index (χ1v) is 8.85. The summed E-state index contributed by atoms with van der Waals surface area (Å²) < 4.78 is 36.0. The van der Waals surface area contributed by atoms with Gasteiger partial charge in [-0.25, -0.2) is 8.78 Å². The Bertz CT molecular complexity index is 1310. The van der Waals surface area contributed by atoms with Gasteiger partial charge in [-0.15, -0.1) is 0 Å². The van der Waals surface area contributed by atoms with Gasteiger partial charge in [0.15, 0.2) is 5.76 Å². The van der Waals surface area contributed by atoms with Crippen LogP contribution in [0.15, 0.2) is 58.3 Å². The average molecular weight is 392 g/mol. The van der Waals surface area contributed by atoms with Crippen molar-refractivity contribution in [2.24, 2.45) is 12.0 Å². The van der Waals surface area contributed by atoms with Gasteiger partial charge in [0, 0.05) is 24.4 Å². The van der Waals surface area contributed by atoms with Crippen molar-refractivity contribution in [3.63, 3.8) is 0 Å². The number of amides is 1. The van der Waals surface area contributed by atoms with Crippen LogP contribution in [0.4, 0.5) is 14.5 Å². The molecule has 1 aliphatic heterocycles. The minimum absolute atomic E-state index is 0.0836. The number of carbonyl (C=O) groups is 1. The maximum Gasteiger partial charge on any atom is 0.261 e. The molecule has 0 radical (unpaired) electrons. The van der Waals surface area contributed by atoms with Crippen LogP contribution in [0.5, 0.6) is 0 Å². The Morgan fingerprint density at radius 2 is 2.10 bits per heavy atom. The zero-order valence-corrected chi connectivity index (χ0v) is 15.2. The minimum Gasteiger partial charge on any atom is -0.463 e. The lowest BCUT2D eigenvalue weighted by atomic mass is 10.0. The quantitative estimate of drug-likeness (QED) is 0.572. The first-order valence-electron chi connectivity index (χ1n) is 8.85. The third-order valence-corrected chi connectivity index (χ3v) is 4.95. The number of carbonyl (C=O) groups excluding carboxylic acids is 1. The highest BCUT2D eigenvalue weighted by Gasteiger charge is 2.24. The van der Waals surface area contributed by atoms with Gasteiger partial charge >= 0.3 is 0 Å². The minimum atomic E-state index is -0.949. The third-order valence-electron chi connectivity index (χ3n) is 4.95.